The summed E-state index contributed by atoms with van der Waals surface area (Å²) in [6.07, 6.45) is 1.74. The van der Waals surface area contributed by atoms with Crippen molar-refractivity contribution < 1.29 is 44.0 Å². The Hall–Kier alpha value is -4.33. The number of aromatic hydroxyl groups is 1. The molecule has 5 unspecified atom stereocenters. The molecule has 0 aliphatic carbocycles. The number of urea groups is 1. The first-order chi connectivity index (χ1) is 19.8. The Labute approximate surface area is 250 Å². The van der Waals surface area contributed by atoms with Crippen LogP contribution in [0, 0.1) is 5.92 Å². The van der Waals surface area contributed by atoms with Crippen molar-refractivity contribution in [3.05, 3.63) is 41.8 Å². The van der Waals surface area contributed by atoms with Crippen LogP contribution in [0.4, 0.5) is 4.79 Å². The third kappa shape index (κ3) is 9.60. The first-order valence-corrected chi connectivity index (χ1v) is 13.9. The molecule has 1 aromatic rings. The van der Waals surface area contributed by atoms with E-state index in [1.807, 2.05) is 0 Å². The lowest BCUT2D eigenvalue weighted by Gasteiger charge is -2.33. The van der Waals surface area contributed by atoms with Crippen LogP contribution in [0.2, 0.25) is 0 Å². The second kappa shape index (κ2) is 14.2. The summed E-state index contributed by atoms with van der Waals surface area (Å²) < 4.78 is 5.77. The van der Waals surface area contributed by atoms with Gasteiger partial charge in [0.2, 0.25) is 17.7 Å². The molecule has 1 fully saturated rings. The van der Waals surface area contributed by atoms with E-state index in [9.17, 15) is 34.2 Å². The SMILES string of the molecule is CC(Cc1cccc(O)c1)C(=O)N(C)C(C)C(NC(=O)C(C)NC(=O)NCC(=O)O)C(=O)N/C=C1/CC(C)(O)C(C)(C)O1. The molecule has 0 bridgehead atoms. The van der Waals surface area contributed by atoms with Crippen LogP contribution in [-0.2, 0) is 30.3 Å². The number of carbonyl (C=O) groups excluding carboxylic acids is 4. The summed E-state index contributed by atoms with van der Waals surface area (Å²) in [5, 5.41) is 38.6. The van der Waals surface area contributed by atoms with Crippen LogP contribution in [0.15, 0.2) is 36.2 Å². The molecule has 5 atom stereocenters. The van der Waals surface area contributed by atoms with Crippen LogP contribution in [-0.4, -0.2) is 92.9 Å². The maximum absolute atomic E-state index is 13.4. The van der Waals surface area contributed by atoms with E-state index in [-0.39, 0.29) is 18.1 Å². The van der Waals surface area contributed by atoms with Crippen molar-refractivity contribution in [3.8, 4) is 5.75 Å². The molecule has 1 heterocycles. The summed E-state index contributed by atoms with van der Waals surface area (Å²) in [6, 6.07) is 2.29. The Balaban J connectivity index is 2.22. The predicted octanol–water partition coefficient (Wildman–Crippen LogP) is 0.582. The Kier molecular flexibility index (Phi) is 11.5. The van der Waals surface area contributed by atoms with Crippen molar-refractivity contribution in [2.45, 2.75) is 83.7 Å². The number of carbonyl (C=O) groups is 5. The molecule has 0 radical (unpaired) electrons. The van der Waals surface area contributed by atoms with Crippen molar-refractivity contribution in [1.29, 1.82) is 0 Å². The van der Waals surface area contributed by atoms with Gasteiger partial charge in [0.1, 0.15) is 41.3 Å². The van der Waals surface area contributed by atoms with E-state index in [1.165, 1.54) is 31.1 Å². The van der Waals surface area contributed by atoms with Crippen LogP contribution >= 0.6 is 0 Å². The minimum absolute atomic E-state index is 0.0722. The molecule has 238 valence electrons. The summed E-state index contributed by atoms with van der Waals surface area (Å²) in [4.78, 5) is 63.8. The zero-order chi connectivity index (χ0) is 32.7. The smallest absolute Gasteiger partial charge is 0.323 e. The highest BCUT2D eigenvalue weighted by molar-refractivity contribution is 5.93. The van der Waals surface area contributed by atoms with E-state index in [4.69, 9.17) is 9.84 Å². The Morgan fingerprint density at radius 1 is 1.07 bits per heavy atom. The van der Waals surface area contributed by atoms with Crippen LogP contribution in [0.3, 0.4) is 0 Å². The second-order valence-corrected chi connectivity index (χ2v) is 11.6. The van der Waals surface area contributed by atoms with Crippen molar-refractivity contribution in [2.24, 2.45) is 5.92 Å². The average molecular weight is 606 g/mol. The molecule has 0 spiro atoms. The van der Waals surface area contributed by atoms with Gasteiger partial charge < -0.3 is 46.2 Å². The van der Waals surface area contributed by atoms with Crippen molar-refractivity contribution in [3.63, 3.8) is 0 Å². The van der Waals surface area contributed by atoms with Gasteiger partial charge >= 0.3 is 12.0 Å². The minimum Gasteiger partial charge on any atom is -0.508 e. The van der Waals surface area contributed by atoms with E-state index in [0.717, 1.165) is 5.56 Å². The van der Waals surface area contributed by atoms with Crippen LogP contribution < -0.4 is 21.3 Å². The topological polar surface area (TPSA) is 207 Å². The number of aliphatic carboxylic acids is 1. The molecular weight excluding hydrogens is 562 g/mol. The number of rotatable bonds is 12. The third-order valence-corrected chi connectivity index (χ3v) is 7.61. The minimum atomic E-state index is -1.30. The van der Waals surface area contributed by atoms with Crippen molar-refractivity contribution >= 4 is 29.7 Å². The fraction of sp³-hybridized carbons (Fsp3) is 0.552. The summed E-state index contributed by atoms with van der Waals surface area (Å²) in [5.41, 5.74) is -1.36. The maximum atomic E-state index is 13.4. The molecule has 1 aliphatic heterocycles. The largest absolute Gasteiger partial charge is 0.508 e. The maximum Gasteiger partial charge on any atom is 0.323 e. The van der Waals surface area contributed by atoms with E-state index in [1.54, 1.807) is 52.8 Å². The summed E-state index contributed by atoms with van der Waals surface area (Å²) in [6.45, 7) is 9.01. The number of ether oxygens (including phenoxy) is 1. The number of hydrogen-bond acceptors (Lipinski definition) is 8. The van der Waals surface area contributed by atoms with Gasteiger partial charge in [-0.2, -0.15) is 0 Å². The van der Waals surface area contributed by atoms with Gasteiger partial charge in [-0.1, -0.05) is 19.1 Å². The number of carboxylic acids is 1. The standard InChI is InChI=1S/C29H43N5O9/c1-16(11-19-9-8-10-20(35)12-19)26(40)34(7)18(3)23(33-24(38)17(2)32-27(41)31-15-22(36)37)25(39)30-14-21-13-29(6,42)28(4,5)43-21/h8-10,12,14,16-18,23,35,42H,11,13,15H2,1-7H3,(H,30,39)(H,33,38)(H,36,37)(H2,31,32,41)/b21-14-. The highest BCUT2D eigenvalue weighted by Crippen LogP contribution is 2.40. The van der Waals surface area contributed by atoms with Gasteiger partial charge in [-0.15, -0.1) is 0 Å². The number of nitrogens with zero attached hydrogens (tertiary/aromatic N) is 1. The summed E-state index contributed by atoms with van der Waals surface area (Å²) in [7, 11) is 1.50. The molecule has 5 amide bonds. The Bertz CT molecular complexity index is 1230. The molecule has 14 nitrogen and oxygen atoms in total. The molecule has 1 aliphatic rings. The van der Waals surface area contributed by atoms with E-state index in [0.29, 0.717) is 12.2 Å². The number of likely N-dealkylation sites (N-methyl/N-ethyl adjacent to an activating group) is 1. The van der Waals surface area contributed by atoms with Gasteiger partial charge in [0, 0.05) is 25.6 Å². The molecule has 7 N–H and O–H groups in total. The molecular formula is C29H43N5O9. The first-order valence-electron chi connectivity index (χ1n) is 13.9. The van der Waals surface area contributed by atoms with Gasteiger partial charge in [0.15, 0.2) is 0 Å². The fourth-order valence-electron chi connectivity index (χ4n) is 4.40. The number of phenols is 1. The predicted molar refractivity (Wildman–Crippen MR) is 155 cm³/mol. The highest BCUT2D eigenvalue weighted by Gasteiger charge is 2.48. The van der Waals surface area contributed by atoms with E-state index in [2.05, 4.69) is 21.3 Å². The van der Waals surface area contributed by atoms with Gasteiger partial charge in [-0.25, -0.2) is 4.79 Å². The highest BCUT2D eigenvalue weighted by atomic mass is 16.5. The first kappa shape index (κ1) is 34.9. The number of aliphatic hydroxyl groups is 1. The van der Waals surface area contributed by atoms with E-state index >= 15 is 0 Å². The molecule has 1 aromatic carbocycles. The van der Waals surface area contributed by atoms with Crippen molar-refractivity contribution in [2.75, 3.05) is 13.6 Å². The second-order valence-electron chi connectivity index (χ2n) is 11.6. The number of phenolic OH excluding ortho intramolecular Hbond substituents is 1. The Morgan fingerprint density at radius 2 is 1.72 bits per heavy atom. The van der Waals surface area contributed by atoms with Crippen LogP contribution in [0.25, 0.3) is 0 Å². The summed E-state index contributed by atoms with van der Waals surface area (Å²) >= 11 is 0. The molecule has 14 heteroatoms. The molecule has 1 saturated heterocycles. The lowest BCUT2D eigenvalue weighted by molar-refractivity contribution is -0.139. The van der Waals surface area contributed by atoms with Crippen LogP contribution in [0.5, 0.6) is 5.75 Å². The molecule has 0 aromatic heterocycles. The van der Waals surface area contributed by atoms with Crippen molar-refractivity contribution in [1.82, 2.24) is 26.2 Å². The van der Waals surface area contributed by atoms with E-state index < -0.39 is 65.6 Å². The zero-order valence-corrected chi connectivity index (χ0v) is 25.6. The monoisotopic (exact) mass is 605 g/mol. The summed E-state index contributed by atoms with van der Waals surface area (Å²) in [5.74, 6) is -3.19. The lowest BCUT2D eigenvalue weighted by Crippen LogP contribution is -2.60. The van der Waals surface area contributed by atoms with Gasteiger partial charge in [0.25, 0.3) is 0 Å². The normalized spacial score (nSPS) is 21.0. The van der Waals surface area contributed by atoms with Gasteiger partial charge in [0.05, 0.1) is 6.04 Å². The lowest BCUT2D eigenvalue weighted by atomic mass is 9.87. The number of amides is 5. The Morgan fingerprint density at radius 3 is 2.28 bits per heavy atom. The number of carboxylic acid groups (broad SMARTS) is 1. The number of hydrogen-bond donors (Lipinski definition) is 7. The third-order valence-electron chi connectivity index (χ3n) is 7.61. The molecule has 2 rings (SSSR count). The van der Waals surface area contributed by atoms with Gasteiger partial charge in [-0.05, 0) is 58.7 Å². The molecule has 0 saturated carbocycles. The van der Waals surface area contributed by atoms with Crippen LogP contribution in [0.1, 0.15) is 53.5 Å². The fourth-order valence-corrected chi connectivity index (χ4v) is 4.40. The number of benzene rings is 1. The zero-order valence-electron chi connectivity index (χ0n) is 25.6. The van der Waals surface area contributed by atoms with Gasteiger partial charge in [-0.3, -0.25) is 19.2 Å². The number of nitrogens with one attached hydrogen (secondary N) is 4. The average Bonchev–Trinajstić information content (AvgIpc) is 3.13. The quantitative estimate of drug-likeness (QED) is 0.178. The molecule has 43 heavy (non-hydrogen) atoms.